The van der Waals surface area contributed by atoms with Gasteiger partial charge in [-0.3, -0.25) is 0 Å². The fourth-order valence-corrected chi connectivity index (χ4v) is 1.74. The molecule has 2 atom stereocenters. The molecule has 18 heavy (non-hydrogen) atoms. The third-order valence-electron chi connectivity index (χ3n) is 2.95. The van der Waals surface area contributed by atoms with Crippen LogP contribution in [0.1, 0.15) is 18.6 Å². The molecule has 2 N–H and O–H groups in total. The topological polar surface area (TPSA) is 60.0 Å². The average molecular weight is 253 g/mol. The van der Waals surface area contributed by atoms with E-state index in [-0.39, 0.29) is 12.9 Å². The summed E-state index contributed by atoms with van der Waals surface area (Å²) in [5.74, 6) is 1.42. The Kier molecular flexibility index (Phi) is 4.41. The van der Waals surface area contributed by atoms with Gasteiger partial charge in [0.2, 0.25) is 6.79 Å². The minimum absolute atomic E-state index is 0.133. The highest BCUT2D eigenvalue weighted by Gasteiger charge is 2.16. The van der Waals surface area contributed by atoms with Gasteiger partial charge in [0.25, 0.3) is 0 Å². The zero-order valence-electron chi connectivity index (χ0n) is 10.7. The molecule has 5 heteroatoms. The summed E-state index contributed by atoms with van der Waals surface area (Å²) in [7, 11) is 1.67. The second-order valence-corrected chi connectivity index (χ2v) is 4.33. The standard InChI is InChI=1S/C13H19NO4/c1-9(16-2)6-14-7-11(15)10-3-4-12-13(5-10)18-8-17-12/h3-5,9,11,14-15H,6-8H2,1-2H3. The molecule has 0 spiro atoms. The second-order valence-electron chi connectivity index (χ2n) is 4.33. The lowest BCUT2D eigenvalue weighted by molar-refractivity contribution is 0.109. The molecule has 100 valence electrons. The van der Waals surface area contributed by atoms with Gasteiger partial charge in [-0.2, -0.15) is 0 Å². The van der Waals surface area contributed by atoms with E-state index in [2.05, 4.69) is 5.32 Å². The predicted octanol–water partition coefficient (Wildman–Crippen LogP) is 1.07. The maximum absolute atomic E-state index is 10.0. The van der Waals surface area contributed by atoms with Crippen molar-refractivity contribution < 1.29 is 19.3 Å². The highest BCUT2D eigenvalue weighted by atomic mass is 16.7. The van der Waals surface area contributed by atoms with E-state index in [1.807, 2.05) is 25.1 Å². The van der Waals surface area contributed by atoms with Gasteiger partial charge in [-0.1, -0.05) is 6.07 Å². The summed E-state index contributed by atoms with van der Waals surface area (Å²) in [6.45, 7) is 3.41. The summed E-state index contributed by atoms with van der Waals surface area (Å²) < 4.78 is 15.6. The van der Waals surface area contributed by atoms with E-state index in [1.54, 1.807) is 7.11 Å². The van der Waals surface area contributed by atoms with Gasteiger partial charge >= 0.3 is 0 Å². The van der Waals surface area contributed by atoms with Crippen molar-refractivity contribution in [3.05, 3.63) is 23.8 Å². The molecule has 0 aromatic heterocycles. The molecule has 2 rings (SSSR count). The van der Waals surface area contributed by atoms with Crippen LogP contribution < -0.4 is 14.8 Å². The summed E-state index contributed by atoms with van der Waals surface area (Å²) >= 11 is 0. The van der Waals surface area contributed by atoms with Crippen LogP contribution in [0.2, 0.25) is 0 Å². The van der Waals surface area contributed by atoms with Gasteiger partial charge in [0.05, 0.1) is 12.2 Å². The van der Waals surface area contributed by atoms with Crippen molar-refractivity contribution in [2.24, 2.45) is 0 Å². The molecule has 0 bridgehead atoms. The van der Waals surface area contributed by atoms with E-state index in [0.29, 0.717) is 18.8 Å². The molecule has 1 aromatic rings. The molecule has 2 unspecified atom stereocenters. The monoisotopic (exact) mass is 253 g/mol. The van der Waals surface area contributed by atoms with Crippen molar-refractivity contribution in [2.45, 2.75) is 19.1 Å². The van der Waals surface area contributed by atoms with Crippen LogP contribution in [-0.2, 0) is 4.74 Å². The summed E-state index contributed by atoms with van der Waals surface area (Å²) in [6, 6.07) is 5.48. The average Bonchev–Trinajstić information content (AvgIpc) is 2.85. The number of rotatable bonds is 6. The van der Waals surface area contributed by atoms with Gasteiger partial charge in [-0.25, -0.2) is 0 Å². The van der Waals surface area contributed by atoms with Crippen LogP contribution in [0.4, 0.5) is 0 Å². The maximum atomic E-state index is 10.0. The highest BCUT2D eigenvalue weighted by Crippen LogP contribution is 2.33. The van der Waals surface area contributed by atoms with Crippen molar-refractivity contribution in [1.82, 2.24) is 5.32 Å². The van der Waals surface area contributed by atoms with Gasteiger partial charge in [-0.05, 0) is 24.6 Å². The van der Waals surface area contributed by atoms with Gasteiger partial charge in [-0.15, -0.1) is 0 Å². The Morgan fingerprint density at radius 2 is 2.11 bits per heavy atom. The van der Waals surface area contributed by atoms with Crippen LogP contribution >= 0.6 is 0 Å². The fraction of sp³-hybridized carbons (Fsp3) is 0.538. The largest absolute Gasteiger partial charge is 0.454 e. The van der Waals surface area contributed by atoms with E-state index < -0.39 is 6.10 Å². The third kappa shape index (κ3) is 3.13. The molecule has 1 aliphatic rings. The molecule has 0 saturated carbocycles. The number of benzene rings is 1. The molecule has 5 nitrogen and oxygen atoms in total. The van der Waals surface area contributed by atoms with Crippen LogP contribution in [-0.4, -0.2) is 38.2 Å². The predicted molar refractivity (Wildman–Crippen MR) is 66.9 cm³/mol. The van der Waals surface area contributed by atoms with E-state index >= 15 is 0 Å². The van der Waals surface area contributed by atoms with Crippen molar-refractivity contribution in [3.8, 4) is 11.5 Å². The van der Waals surface area contributed by atoms with Crippen molar-refractivity contribution >= 4 is 0 Å². The van der Waals surface area contributed by atoms with E-state index in [4.69, 9.17) is 14.2 Å². The quantitative estimate of drug-likeness (QED) is 0.794. The number of aliphatic hydroxyl groups excluding tert-OH is 1. The summed E-state index contributed by atoms with van der Waals surface area (Å²) in [5.41, 5.74) is 0.816. The summed E-state index contributed by atoms with van der Waals surface area (Å²) in [4.78, 5) is 0. The van der Waals surface area contributed by atoms with E-state index in [9.17, 15) is 5.11 Å². The van der Waals surface area contributed by atoms with Crippen LogP contribution in [0.15, 0.2) is 18.2 Å². The molecule has 0 radical (unpaired) electrons. The number of hydrogen-bond acceptors (Lipinski definition) is 5. The molecule has 0 amide bonds. The molecule has 0 fully saturated rings. The van der Waals surface area contributed by atoms with Crippen molar-refractivity contribution in [2.75, 3.05) is 27.0 Å². The number of aliphatic hydroxyl groups is 1. The Bertz CT molecular complexity index is 397. The molecular weight excluding hydrogens is 234 g/mol. The molecule has 1 aliphatic heterocycles. The number of hydrogen-bond donors (Lipinski definition) is 2. The molecule has 0 saturated heterocycles. The zero-order valence-corrected chi connectivity index (χ0v) is 10.7. The molecular formula is C13H19NO4. The SMILES string of the molecule is COC(C)CNCC(O)c1ccc2c(c1)OCO2. The summed E-state index contributed by atoms with van der Waals surface area (Å²) in [5, 5.41) is 13.2. The lowest BCUT2D eigenvalue weighted by Crippen LogP contribution is -2.29. The number of nitrogens with one attached hydrogen (secondary N) is 1. The molecule has 0 aliphatic carbocycles. The lowest BCUT2D eigenvalue weighted by atomic mass is 10.1. The van der Waals surface area contributed by atoms with Gasteiger partial charge in [0, 0.05) is 20.2 Å². The van der Waals surface area contributed by atoms with Gasteiger partial charge < -0.3 is 24.6 Å². The number of fused-ring (bicyclic) bond motifs is 1. The Balaban J connectivity index is 1.87. The Morgan fingerprint density at radius 3 is 2.89 bits per heavy atom. The Morgan fingerprint density at radius 1 is 1.33 bits per heavy atom. The first-order valence-corrected chi connectivity index (χ1v) is 6.02. The third-order valence-corrected chi connectivity index (χ3v) is 2.95. The summed E-state index contributed by atoms with van der Waals surface area (Å²) in [6.07, 6.45) is -0.433. The van der Waals surface area contributed by atoms with Crippen molar-refractivity contribution in [1.29, 1.82) is 0 Å². The first kappa shape index (κ1) is 13.1. The minimum atomic E-state index is -0.566. The normalized spacial score (nSPS) is 16.6. The zero-order chi connectivity index (χ0) is 13.0. The highest BCUT2D eigenvalue weighted by molar-refractivity contribution is 5.45. The second kappa shape index (κ2) is 6.04. The maximum Gasteiger partial charge on any atom is 0.231 e. The van der Waals surface area contributed by atoms with Crippen LogP contribution in [0.5, 0.6) is 11.5 Å². The smallest absolute Gasteiger partial charge is 0.231 e. The van der Waals surface area contributed by atoms with Crippen molar-refractivity contribution in [3.63, 3.8) is 0 Å². The van der Waals surface area contributed by atoms with Crippen LogP contribution in [0.3, 0.4) is 0 Å². The number of methoxy groups -OCH3 is 1. The number of ether oxygens (including phenoxy) is 3. The van der Waals surface area contributed by atoms with Crippen LogP contribution in [0, 0.1) is 0 Å². The minimum Gasteiger partial charge on any atom is -0.454 e. The fourth-order valence-electron chi connectivity index (χ4n) is 1.74. The first-order valence-electron chi connectivity index (χ1n) is 6.02. The van der Waals surface area contributed by atoms with Gasteiger partial charge in [0.15, 0.2) is 11.5 Å². The van der Waals surface area contributed by atoms with Gasteiger partial charge in [0.1, 0.15) is 0 Å². The Labute approximate surface area is 107 Å². The first-order chi connectivity index (χ1) is 8.70. The lowest BCUT2D eigenvalue weighted by Gasteiger charge is -2.15. The van der Waals surface area contributed by atoms with E-state index in [0.717, 1.165) is 11.3 Å². The molecule has 1 heterocycles. The van der Waals surface area contributed by atoms with E-state index in [1.165, 1.54) is 0 Å². The van der Waals surface area contributed by atoms with Crippen LogP contribution in [0.25, 0.3) is 0 Å². The molecule has 1 aromatic carbocycles. The Hall–Kier alpha value is -1.30.